The maximum Gasteiger partial charge on any atom is 0.151 e. The number of rotatable bonds is 7. The molecule has 0 aromatic carbocycles. The molecule has 3 nitrogen and oxygen atoms in total. The summed E-state index contributed by atoms with van der Waals surface area (Å²) < 4.78 is 22.7. The molecule has 0 aliphatic rings. The Kier molecular flexibility index (Phi) is 6.74. The minimum absolute atomic E-state index is 0.0638. The fraction of sp³-hybridized carbons (Fsp3) is 1.00. The number of halogens is 1. The molecule has 0 radical (unpaired) electrons. The van der Waals surface area contributed by atoms with Gasteiger partial charge in [0.15, 0.2) is 9.84 Å². The molecule has 0 saturated carbocycles. The Morgan fingerprint density at radius 1 is 1.36 bits per heavy atom. The summed E-state index contributed by atoms with van der Waals surface area (Å²) in [4.78, 5) is 1.95. The van der Waals surface area contributed by atoms with Gasteiger partial charge in [-0.15, -0.1) is 11.6 Å². The van der Waals surface area contributed by atoms with Gasteiger partial charge in [-0.25, -0.2) is 8.42 Å². The number of alkyl halides is 1. The molecule has 86 valence electrons. The van der Waals surface area contributed by atoms with Crippen molar-refractivity contribution < 1.29 is 8.42 Å². The molecule has 0 saturated heterocycles. The molecule has 1 atom stereocenters. The van der Waals surface area contributed by atoms with E-state index in [0.717, 1.165) is 6.54 Å². The Morgan fingerprint density at radius 3 is 2.36 bits per heavy atom. The monoisotopic (exact) mass is 241 g/mol. The second-order valence-electron chi connectivity index (χ2n) is 3.69. The topological polar surface area (TPSA) is 37.4 Å². The summed E-state index contributed by atoms with van der Waals surface area (Å²) in [6.45, 7) is 5.07. The van der Waals surface area contributed by atoms with E-state index in [1.54, 1.807) is 0 Å². The second-order valence-corrected chi connectivity index (χ2v) is 6.74. The molecule has 5 heteroatoms. The smallest absolute Gasteiger partial charge is 0.151 e. The van der Waals surface area contributed by atoms with Crippen molar-refractivity contribution in [1.82, 2.24) is 4.90 Å². The predicted molar refractivity (Wildman–Crippen MR) is 61.8 cm³/mol. The molecule has 0 N–H and O–H groups in total. The van der Waals surface area contributed by atoms with Crippen LogP contribution < -0.4 is 0 Å². The third kappa shape index (κ3) is 7.59. The quantitative estimate of drug-likeness (QED) is 0.632. The van der Waals surface area contributed by atoms with Crippen molar-refractivity contribution in [1.29, 1.82) is 0 Å². The minimum Gasteiger partial charge on any atom is -0.304 e. The van der Waals surface area contributed by atoms with Crippen molar-refractivity contribution in [3.05, 3.63) is 0 Å². The van der Waals surface area contributed by atoms with Crippen LogP contribution in [0.2, 0.25) is 0 Å². The molecule has 14 heavy (non-hydrogen) atoms. The number of hydrogen-bond donors (Lipinski definition) is 0. The largest absolute Gasteiger partial charge is 0.304 e. The fourth-order valence-corrected chi connectivity index (χ4v) is 2.88. The van der Waals surface area contributed by atoms with E-state index in [1.807, 2.05) is 25.8 Å². The standard InChI is InChI=1S/C9H20ClNO2S/c1-4-6-14(12,13)7-5-11(3)8-9(2)10/h9H,4-8H2,1-3H3. The minimum atomic E-state index is -2.85. The maximum atomic E-state index is 11.4. The highest BCUT2D eigenvalue weighted by Gasteiger charge is 2.11. The Hall–Kier alpha value is 0.200. The highest BCUT2D eigenvalue weighted by molar-refractivity contribution is 7.91. The summed E-state index contributed by atoms with van der Waals surface area (Å²) in [6.07, 6.45) is 0.692. The molecule has 0 aromatic rings. The first-order valence-electron chi connectivity index (χ1n) is 4.90. The number of sulfone groups is 1. The molecule has 0 fully saturated rings. The van der Waals surface area contributed by atoms with Crippen LogP contribution in [0.3, 0.4) is 0 Å². The molecule has 0 amide bonds. The third-order valence-electron chi connectivity index (χ3n) is 1.86. The zero-order valence-electron chi connectivity index (χ0n) is 9.16. The normalized spacial score (nSPS) is 14.6. The molecule has 0 spiro atoms. The Morgan fingerprint density at radius 2 is 1.93 bits per heavy atom. The van der Waals surface area contributed by atoms with Gasteiger partial charge in [0.05, 0.1) is 5.75 Å². The first kappa shape index (κ1) is 14.2. The summed E-state index contributed by atoms with van der Waals surface area (Å²) in [5, 5.41) is 0.0638. The van der Waals surface area contributed by atoms with E-state index in [-0.39, 0.29) is 16.9 Å². The second kappa shape index (κ2) is 6.64. The van der Waals surface area contributed by atoms with Crippen LogP contribution in [0, 0.1) is 0 Å². The lowest BCUT2D eigenvalue weighted by atomic mass is 10.4. The van der Waals surface area contributed by atoms with Crippen molar-refractivity contribution in [2.75, 3.05) is 31.6 Å². The molecule has 0 aromatic heterocycles. The van der Waals surface area contributed by atoms with Gasteiger partial charge in [-0.1, -0.05) is 6.92 Å². The first-order valence-corrected chi connectivity index (χ1v) is 7.16. The van der Waals surface area contributed by atoms with Crippen LogP contribution >= 0.6 is 11.6 Å². The van der Waals surface area contributed by atoms with E-state index < -0.39 is 9.84 Å². The van der Waals surface area contributed by atoms with Gasteiger partial charge in [0, 0.05) is 24.2 Å². The van der Waals surface area contributed by atoms with Crippen LogP contribution in [-0.2, 0) is 9.84 Å². The van der Waals surface area contributed by atoms with Crippen LogP contribution in [0.1, 0.15) is 20.3 Å². The van der Waals surface area contributed by atoms with Crippen molar-refractivity contribution in [3.8, 4) is 0 Å². The molecule has 0 heterocycles. The van der Waals surface area contributed by atoms with Crippen molar-refractivity contribution in [3.63, 3.8) is 0 Å². The molecule has 0 rings (SSSR count). The zero-order valence-corrected chi connectivity index (χ0v) is 10.7. The van der Waals surface area contributed by atoms with E-state index in [0.29, 0.717) is 13.0 Å². The zero-order chi connectivity index (χ0) is 11.2. The van der Waals surface area contributed by atoms with E-state index >= 15 is 0 Å². The lowest BCUT2D eigenvalue weighted by Gasteiger charge is -2.17. The molecule has 0 aliphatic heterocycles. The summed E-state index contributed by atoms with van der Waals surface area (Å²) in [5.41, 5.74) is 0. The summed E-state index contributed by atoms with van der Waals surface area (Å²) in [5.74, 6) is 0.526. The highest BCUT2D eigenvalue weighted by atomic mass is 35.5. The van der Waals surface area contributed by atoms with Crippen LogP contribution in [-0.4, -0.2) is 50.3 Å². The van der Waals surface area contributed by atoms with Crippen molar-refractivity contribution >= 4 is 21.4 Å². The third-order valence-corrected chi connectivity index (χ3v) is 3.84. The first-order chi connectivity index (χ1) is 6.37. The predicted octanol–water partition coefficient (Wildman–Crippen LogP) is 1.37. The lowest BCUT2D eigenvalue weighted by molar-refractivity contribution is 0.356. The van der Waals surface area contributed by atoms with Crippen molar-refractivity contribution in [2.45, 2.75) is 25.6 Å². The summed E-state index contributed by atoms with van der Waals surface area (Å²) in [6, 6.07) is 0. The maximum absolute atomic E-state index is 11.4. The molecule has 1 unspecified atom stereocenters. The van der Waals surface area contributed by atoms with Gasteiger partial charge in [-0.05, 0) is 20.4 Å². The van der Waals surface area contributed by atoms with Gasteiger partial charge < -0.3 is 4.90 Å². The van der Waals surface area contributed by atoms with Gasteiger partial charge in [-0.2, -0.15) is 0 Å². The Balaban J connectivity index is 3.82. The lowest BCUT2D eigenvalue weighted by Crippen LogP contribution is -2.30. The number of nitrogens with zero attached hydrogens (tertiary/aromatic N) is 1. The Bertz CT molecular complexity index is 239. The highest BCUT2D eigenvalue weighted by Crippen LogP contribution is 1.99. The summed E-state index contributed by atoms with van der Waals surface area (Å²) in [7, 11) is -0.958. The Labute approximate surface area is 92.3 Å². The van der Waals surface area contributed by atoms with Gasteiger partial charge in [0.2, 0.25) is 0 Å². The number of hydrogen-bond acceptors (Lipinski definition) is 3. The van der Waals surface area contributed by atoms with Crippen molar-refractivity contribution in [2.24, 2.45) is 0 Å². The van der Waals surface area contributed by atoms with E-state index in [2.05, 4.69) is 0 Å². The van der Waals surface area contributed by atoms with Gasteiger partial charge in [-0.3, -0.25) is 0 Å². The van der Waals surface area contributed by atoms with Gasteiger partial charge in [0.1, 0.15) is 0 Å². The van der Waals surface area contributed by atoms with Crippen LogP contribution in [0.25, 0.3) is 0 Å². The molecular formula is C9H20ClNO2S. The summed E-state index contributed by atoms with van der Waals surface area (Å²) >= 11 is 5.79. The SMILES string of the molecule is CCCS(=O)(=O)CCN(C)CC(C)Cl. The van der Waals surface area contributed by atoms with Crippen LogP contribution in [0.5, 0.6) is 0 Å². The molecule has 0 bridgehead atoms. The van der Waals surface area contributed by atoms with E-state index in [4.69, 9.17) is 11.6 Å². The van der Waals surface area contributed by atoms with Gasteiger partial charge in [0.25, 0.3) is 0 Å². The van der Waals surface area contributed by atoms with E-state index in [1.165, 1.54) is 0 Å². The fourth-order valence-electron chi connectivity index (χ4n) is 1.23. The molecular weight excluding hydrogens is 222 g/mol. The average molecular weight is 242 g/mol. The van der Waals surface area contributed by atoms with Crippen LogP contribution in [0.15, 0.2) is 0 Å². The molecule has 0 aliphatic carbocycles. The average Bonchev–Trinajstić information content (AvgIpc) is 2.00. The van der Waals surface area contributed by atoms with E-state index in [9.17, 15) is 8.42 Å². The van der Waals surface area contributed by atoms with Gasteiger partial charge >= 0.3 is 0 Å². The van der Waals surface area contributed by atoms with Crippen LogP contribution in [0.4, 0.5) is 0 Å².